The van der Waals surface area contributed by atoms with Crippen LogP contribution in [0.4, 0.5) is 0 Å². The van der Waals surface area contributed by atoms with E-state index in [9.17, 15) is 14.4 Å². The molecule has 4 N–H and O–H groups in total. The number of carboxylic acids is 1. The van der Waals surface area contributed by atoms with Crippen LogP contribution in [0.5, 0.6) is 0 Å². The molecule has 0 aromatic carbocycles. The van der Waals surface area contributed by atoms with Crippen LogP contribution < -0.4 is 11.1 Å². The lowest BCUT2D eigenvalue weighted by Crippen LogP contribution is -2.46. The molecule has 92 valence electrons. The highest BCUT2D eigenvalue weighted by Crippen LogP contribution is 1.99. The summed E-state index contributed by atoms with van der Waals surface area (Å²) in [5, 5.41) is 10.7. The molecule has 0 unspecified atom stereocenters. The summed E-state index contributed by atoms with van der Waals surface area (Å²) in [6.07, 6.45) is 2.35. The van der Waals surface area contributed by atoms with Gasteiger partial charge in [0.15, 0.2) is 0 Å². The summed E-state index contributed by atoms with van der Waals surface area (Å²) in [6.45, 7) is 0. The number of carbonyl (C=O) groups is 3. The van der Waals surface area contributed by atoms with Gasteiger partial charge in [-0.2, -0.15) is 11.8 Å². The average Bonchev–Trinajstić information content (AvgIpc) is 2.23. The van der Waals surface area contributed by atoms with Crippen LogP contribution in [0.25, 0.3) is 0 Å². The van der Waals surface area contributed by atoms with Gasteiger partial charge in [-0.25, -0.2) is 0 Å². The number of hydrogen-bond acceptors (Lipinski definition) is 5. The van der Waals surface area contributed by atoms with Gasteiger partial charge in [0.25, 0.3) is 0 Å². The third-order valence-electron chi connectivity index (χ3n) is 1.86. The zero-order valence-corrected chi connectivity index (χ0v) is 9.83. The molecule has 0 aromatic heterocycles. The van der Waals surface area contributed by atoms with Crippen molar-refractivity contribution in [1.82, 2.24) is 5.32 Å². The Hall–Kier alpha value is -1.08. The van der Waals surface area contributed by atoms with Crippen molar-refractivity contribution >= 4 is 29.9 Å². The molecule has 1 amide bonds. The molecule has 0 heterocycles. The molecule has 0 aliphatic carbocycles. The van der Waals surface area contributed by atoms with Crippen molar-refractivity contribution in [3.8, 4) is 0 Å². The van der Waals surface area contributed by atoms with Crippen molar-refractivity contribution in [2.45, 2.75) is 24.9 Å². The van der Waals surface area contributed by atoms with E-state index in [0.717, 1.165) is 5.75 Å². The molecule has 0 aromatic rings. The molecule has 0 spiro atoms. The van der Waals surface area contributed by atoms with Crippen molar-refractivity contribution < 1.29 is 19.5 Å². The molecular formula is C9H16N2O4S. The fourth-order valence-corrected chi connectivity index (χ4v) is 1.48. The van der Waals surface area contributed by atoms with Crippen LogP contribution in [0, 0.1) is 0 Å². The first kappa shape index (κ1) is 14.9. The molecular weight excluding hydrogens is 232 g/mol. The fourth-order valence-electron chi connectivity index (χ4n) is 0.987. The van der Waals surface area contributed by atoms with E-state index < -0.39 is 30.4 Å². The van der Waals surface area contributed by atoms with Gasteiger partial charge in [-0.05, 0) is 18.4 Å². The second-order valence-electron chi connectivity index (χ2n) is 3.24. The van der Waals surface area contributed by atoms with Crippen molar-refractivity contribution in [3.05, 3.63) is 0 Å². The Morgan fingerprint density at radius 2 is 2.19 bits per heavy atom. The molecule has 0 saturated carbocycles. The molecule has 0 aliphatic heterocycles. The lowest BCUT2D eigenvalue weighted by Gasteiger charge is -2.14. The number of aldehydes is 1. The smallest absolute Gasteiger partial charge is 0.305 e. The van der Waals surface area contributed by atoms with Gasteiger partial charge < -0.3 is 21.0 Å². The highest BCUT2D eigenvalue weighted by Gasteiger charge is 2.19. The summed E-state index contributed by atoms with van der Waals surface area (Å²) < 4.78 is 0. The number of amides is 1. The van der Waals surface area contributed by atoms with Gasteiger partial charge in [0, 0.05) is 0 Å². The standard InChI is InChI=1S/C9H16N2O4S/c1-16-3-2-7(10)9(15)11-6(5-12)4-8(13)14/h5-7H,2-4,10H2,1H3,(H,11,15)(H,13,14)/t6-,7-/m0/s1. The molecule has 2 atom stereocenters. The van der Waals surface area contributed by atoms with Crippen LogP contribution in [0.3, 0.4) is 0 Å². The Balaban J connectivity index is 4.08. The average molecular weight is 248 g/mol. The number of thioether (sulfide) groups is 1. The quantitative estimate of drug-likeness (QED) is 0.486. The largest absolute Gasteiger partial charge is 0.481 e. The van der Waals surface area contributed by atoms with E-state index in [1.165, 1.54) is 0 Å². The summed E-state index contributed by atoms with van der Waals surface area (Å²) in [5.74, 6) is -0.901. The first-order valence-corrected chi connectivity index (χ1v) is 6.12. The van der Waals surface area contributed by atoms with Crippen molar-refractivity contribution in [3.63, 3.8) is 0 Å². The predicted octanol–water partition coefficient (Wildman–Crippen LogP) is -0.775. The summed E-state index contributed by atoms with van der Waals surface area (Å²) in [6, 6.07) is -1.71. The van der Waals surface area contributed by atoms with Crippen molar-refractivity contribution in [2.75, 3.05) is 12.0 Å². The fraction of sp³-hybridized carbons (Fsp3) is 0.667. The van der Waals surface area contributed by atoms with E-state index in [1.807, 2.05) is 6.26 Å². The monoisotopic (exact) mass is 248 g/mol. The van der Waals surface area contributed by atoms with E-state index in [0.29, 0.717) is 12.7 Å². The maximum Gasteiger partial charge on any atom is 0.305 e. The zero-order valence-electron chi connectivity index (χ0n) is 9.01. The lowest BCUT2D eigenvalue weighted by atomic mass is 10.2. The summed E-state index contributed by atoms with van der Waals surface area (Å²) in [7, 11) is 0. The minimum atomic E-state index is -1.14. The van der Waals surface area contributed by atoms with Crippen LogP contribution in [0.2, 0.25) is 0 Å². The molecule has 6 nitrogen and oxygen atoms in total. The summed E-state index contributed by atoms with van der Waals surface area (Å²) in [5.41, 5.74) is 5.55. The normalized spacial score (nSPS) is 13.9. The molecule has 7 heteroatoms. The van der Waals surface area contributed by atoms with E-state index in [2.05, 4.69) is 5.32 Å². The van der Waals surface area contributed by atoms with Crippen LogP contribution >= 0.6 is 11.8 Å². The van der Waals surface area contributed by atoms with Crippen molar-refractivity contribution in [1.29, 1.82) is 0 Å². The Morgan fingerprint density at radius 1 is 1.56 bits per heavy atom. The van der Waals surface area contributed by atoms with Crippen LogP contribution in [-0.4, -0.2) is 47.4 Å². The Labute approximate surface area is 98.0 Å². The maximum atomic E-state index is 11.4. The molecule has 0 rings (SSSR count). The van der Waals surface area contributed by atoms with E-state index >= 15 is 0 Å². The Kier molecular flexibility index (Phi) is 7.57. The minimum Gasteiger partial charge on any atom is -0.481 e. The highest BCUT2D eigenvalue weighted by atomic mass is 32.2. The van der Waals surface area contributed by atoms with E-state index in [1.54, 1.807) is 11.8 Å². The van der Waals surface area contributed by atoms with Crippen LogP contribution in [0.1, 0.15) is 12.8 Å². The number of carboxylic acid groups (broad SMARTS) is 1. The molecule has 0 radical (unpaired) electrons. The highest BCUT2D eigenvalue weighted by molar-refractivity contribution is 7.98. The Morgan fingerprint density at radius 3 is 2.62 bits per heavy atom. The van der Waals surface area contributed by atoms with Gasteiger partial charge in [0.05, 0.1) is 18.5 Å². The van der Waals surface area contributed by atoms with Crippen LogP contribution in [0.15, 0.2) is 0 Å². The second-order valence-corrected chi connectivity index (χ2v) is 4.22. The number of aliphatic carboxylic acids is 1. The molecule has 16 heavy (non-hydrogen) atoms. The first-order valence-electron chi connectivity index (χ1n) is 4.73. The van der Waals surface area contributed by atoms with Gasteiger partial charge in [-0.15, -0.1) is 0 Å². The predicted molar refractivity (Wildman–Crippen MR) is 61.2 cm³/mol. The van der Waals surface area contributed by atoms with Gasteiger partial charge in [-0.3, -0.25) is 9.59 Å². The second kappa shape index (κ2) is 8.12. The number of carbonyl (C=O) groups excluding carboxylic acids is 2. The lowest BCUT2D eigenvalue weighted by molar-refractivity contribution is -0.138. The maximum absolute atomic E-state index is 11.4. The molecule has 0 fully saturated rings. The number of nitrogens with two attached hydrogens (primary N) is 1. The van der Waals surface area contributed by atoms with Gasteiger partial charge in [0.1, 0.15) is 6.29 Å². The van der Waals surface area contributed by atoms with E-state index in [4.69, 9.17) is 10.8 Å². The minimum absolute atomic E-state index is 0.396. The SMILES string of the molecule is CSCC[C@H](N)C(=O)N[C@H](C=O)CC(=O)O. The van der Waals surface area contributed by atoms with Crippen LogP contribution in [-0.2, 0) is 14.4 Å². The number of rotatable bonds is 8. The number of nitrogens with one attached hydrogen (secondary N) is 1. The van der Waals surface area contributed by atoms with E-state index in [-0.39, 0.29) is 0 Å². The molecule has 0 saturated heterocycles. The molecule has 0 aliphatic rings. The summed E-state index contributed by atoms with van der Waals surface area (Å²) in [4.78, 5) is 32.2. The first-order chi connectivity index (χ1) is 7.51. The van der Waals surface area contributed by atoms with Gasteiger partial charge in [-0.1, -0.05) is 0 Å². The molecule has 0 bridgehead atoms. The van der Waals surface area contributed by atoms with Gasteiger partial charge in [0.2, 0.25) is 5.91 Å². The van der Waals surface area contributed by atoms with Gasteiger partial charge >= 0.3 is 5.97 Å². The summed E-state index contributed by atoms with van der Waals surface area (Å²) >= 11 is 1.56. The third kappa shape index (κ3) is 6.41. The third-order valence-corrected chi connectivity index (χ3v) is 2.50. The zero-order chi connectivity index (χ0) is 12.6. The topological polar surface area (TPSA) is 109 Å². The van der Waals surface area contributed by atoms with Crippen molar-refractivity contribution in [2.24, 2.45) is 5.73 Å². The number of hydrogen-bond donors (Lipinski definition) is 3. The Bertz CT molecular complexity index is 260.